The lowest BCUT2D eigenvalue weighted by molar-refractivity contribution is -0.116. The van der Waals surface area contributed by atoms with Gasteiger partial charge in [0.25, 0.3) is 0 Å². The van der Waals surface area contributed by atoms with Crippen molar-refractivity contribution in [2.24, 2.45) is 11.8 Å². The molecule has 0 N–H and O–H groups in total. The highest BCUT2D eigenvalue weighted by atomic mass is 32.2. The molecule has 0 aliphatic heterocycles. The Hall–Kier alpha value is -1.43. The number of sulfone groups is 1. The second-order valence-electron chi connectivity index (χ2n) is 6.05. The zero-order valence-electron chi connectivity index (χ0n) is 14.1. The maximum absolute atomic E-state index is 13.3. The molecule has 0 aromatic heterocycles. The highest BCUT2D eigenvalue weighted by Crippen LogP contribution is 2.46. The zero-order valence-corrected chi connectivity index (χ0v) is 15.0. The predicted molar refractivity (Wildman–Crippen MR) is 93.0 cm³/mol. The van der Waals surface area contributed by atoms with Crippen LogP contribution in [0.1, 0.15) is 26.7 Å². The van der Waals surface area contributed by atoms with Crippen molar-refractivity contribution in [3.63, 3.8) is 0 Å². The molecule has 1 aromatic carbocycles. The fraction of sp³-hybridized carbons (Fsp3) is 0.474. The van der Waals surface area contributed by atoms with Gasteiger partial charge in [-0.2, -0.15) is 0 Å². The number of benzene rings is 1. The van der Waals surface area contributed by atoms with Gasteiger partial charge in [0.2, 0.25) is 9.84 Å². The summed E-state index contributed by atoms with van der Waals surface area (Å²) in [7, 11) is -3.56. The molecule has 0 saturated carbocycles. The second kappa shape index (κ2) is 7.21. The van der Waals surface area contributed by atoms with Crippen LogP contribution in [-0.2, 0) is 19.3 Å². The molecular weight excluding hydrogens is 324 g/mol. The monoisotopic (exact) mass is 348 g/mol. The van der Waals surface area contributed by atoms with E-state index in [0.29, 0.717) is 23.0 Å². The number of allylic oxidation sites excluding steroid dienone is 3. The van der Waals surface area contributed by atoms with Crippen LogP contribution in [-0.4, -0.2) is 27.9 Å². The molecule has 0 spiro atoms. The Balaban J connectivity index is 2.14. The number of fused-ring (bicyclic) bond motifs is 1. The molecule has 3 aliphatic carbocycles. The normalized spacial score (nSPS) is 23.3. The Kier molecular flexibility index (Phi) is 5.23. The first-order valence-electron chi connectivity index (χ1n) is 8.55. The average molecular weight is 348 g/mol. The van der Waals surface area contributed by atoms with Crippen LogP contribution >= 0.6 is 0 Å². The van der Waals surface area contributed by atoms with E-state index in [-0.39, 0.29) is 11.8 Å². The largest absolute Gasteiger partial charge is 0.349 e. The van der Waals surface area contributed by atoms with Crippen LogP contribution in [0.15, 0.2) is 57.9 Å². The SMILES string of the molecule is CCOC(OCC)C1=C(S(=O)(=O)c2ccccc2)C2C=CC1CC2. The van der Waals surface area contributed by atoms with E-state index in [1.165, 1.54) is 0 Å². The van der Waals surface area contributed by atoms with Crippen molar-refractivity contribution in [2.75, 3.05) is 13.2 Å². The van der Waals surface area contributed by atoms with Crippen LogP contribution in [0.25, 0.3) is 0 Å². The lowest BCUT2D eigenvalue weighted by atomic mass is 9.76. The summed E-state index contributed by atoms with van der Waals surface area (Å²) in [6, 6.07) is 8.65. The average Bonchev–Trinajstić information content (AvgIpc) is 2.62. The van der Waals surface area contributed by atoms with Crippen molar-refractivity contribution in [1.29, 1.82) is 0 Å². The molecule has 4 nitrogen and oxygen atoms in total. The number of hydrogen-bond donors (Lipinski definition) is 0. The van der Waals surface area contributed by atoms with Crippen LogP contribution in [0.2, 0.25) is 0 Å². The van der Waals surface area contributed by atoms with Crippen molar-refractivity contribution in [2.45, 2.75) is 37.9 Å². The van der Waals surface area contributed by atoms with Gasteiger partial charge in [0.05, 0.1) is 9.80 Å². The van der Waals surface area contributed by atoms with Gasteiger partial charge in [0.1, 0.15) is 0 Å². The van der Waals surface area contributed by atoms with Crippen LogP contribution in [0, 0.1) is 11.8 Å². The molecule has 2 bridgehead atoms. The summed E-state index contributed by atoms with van der Waals surface area (Å²) in [5.41, 5.74) is 0.793. The topological polar surface area (TPSA) is 52.6 Å². The summed E-state index contributed by atoms with van der Waals surface area (Å²) in [5.74, 6) is -0.00907. The molecule has 0 saturated heterocycles. The maximum atomic E-state index is 13.3. The fourth-order valence-electron chi connectivity index (χ4n) is 3.60. The van der Waals surface area contributed by atoms with Crippen LogP contribution in [0.3, 0.4) is 0 Å². The zero-order chi connectivity index (χ0) is 17.2. The highest BCUT2D eigenvalue weighted by molar-refractivity contribution is 7.95. The minimum absolute atomic E-state index is 0.0755. The second-order valence-corrected chi connectivity index (χ2v) is 7.97. The quantitative estimate of drug-likeness (QED) is 0.557. The van der Waals surface area contributed by atoms with E-state index in [1.807, 2.05) is 26.0 Å². The first-order chi connectivity index (χ1) is 11.6. The molecule has 5 heteroatoms. The molecule has 24 heavy (non-hydrogen) atoms. The Bertz CT molecular complexity index is 728. The number of ether oxygens (including phenoxy) is 2. The van der Waals surface area contributed by atoms with Crippen molar-refractivity contribution in [3.05, 3.63) is 53.0 Å². The van der Waals surface area contributed by atoms with Crippen LogP contribution in [0.4, 0.5) is 0 Å². The van der Waals surface area contributed by atoms with Gasteiger partial charge in [0.15, 0.2) is 6.29 Å². The maximum Gasteiger partial charge on any atom is 0.203 e. The Morgan fingerprint density at radius 2 is 1.58 bits per heavy atom. The van der Waals surface area contributed by atoms with E-state index in [9.17, 15) is 8.42 Å². The fourth-order valence-corrected chi connectivity index (χ4v) is 5.52. The van der Waals surface area contributed by atoms with Crippen molar-refractivity contribution < 1.29 is 17.9 Å². The molecule has 0 fully saturated rings. The van der Waals surface area contributed by atoms with Gasteiger partial charge in [-0.05, 0) is 38.8 Å². The molecule has 3 aliphatic rings. The Labute approximate surface area is 144 Å². The van der Waals surface area contributed by atoms with Crippen molar-refractivity contribution in [3.8, 4) is 0 Å². The Morgan fingerprint density at radius 1 is 1.00 bits per heavy atom. The third-order valence-electron chi connectivity index (χ3n) is 4.62. The van der Waals surface area contributed by atoms with E-state index >= 15 is 0 Å². The van der Waals surface area contributed by atoms with Gasteiger partial charge >= 0.3 is 0 Å². The Morgan fingerprint density at radius 3 is 2.12 bits per heavy atom. The molecule has 130 valence electrons. The summed E-state index contributed by atoms with van der Waals surface area (Å²) >= 11 is 0. The summed E-state index contributed by atoms with van der Waals surface area (Å²) in [6.07, 6.45) is 5.35. The summed E-state index contributed by atoms with van der Waals surface area (Å²) < 4.78 is 38.1. The van der Waals surface area contributed by atoms with Gasteiger partial charge in [-0.3, -0.25) is 0 Å². The van der Waals surface area contributed by atoms with Crippen molar-refractivity contribution >= 4 is 9.84 Å². The van der Waals surface area contributed by atoms with E-state index in [0.717, 1.165) is 18.4 Å². The van der Waals surface area contributed by atoms with Crippen LogP contribution in [0.5, 0.6) is 0 Å². The number of rotatable bonds is 7. The summed E-state index contributed by atoms with van der Waals surface area (Å²) in [6.45, 7) is 4.76. The molecule has 2 atom stereocenters. The molecule has 0 amide bonds. The van der Waals surface area contributed by atoms with Crippen molar-refractivity contribution in [1.82, 2.24) is 0 Å². The van der Waals surface area contributed by atoms with Gasteiger partial charge in [-0.1, -0.05) is 30.4 Å². The molecular formula is C19H24O4S. The molecule has 1 aromatic rings. The minimum atomic E-state index is -3.56. The molecule has 0 heterocycles. The smallest absolute Gasteiger partial charge is 0.203 e. The molecule has 0 radical (unpaired) electrons. The van der Waals surface area contributed by atoms with E-state index in [2.05, 4.69) is 6.08 Å². The highest BCUT2D eigenvalue weighted by Gasteiger charge is 2.42. The third kappa shape index (κ3) is 3.08. The first-order valence-corrected chi connectivity index (χ1v) is 10.0. The number of hydrogen-bond acceptors (Lipinski definition) is 4. The summed E-state index contributed by atoms with van der Waals surface area (Å²) in [5, 5.41) is 0. The third-order valence-corrected chi connectivity index (χ3v) is 6.63. The van der Waals surface area contributed by atoms with Gasteiger partial charge in [-0.25, -0.2) is 8.42 Å². The van der Waals surface area contributed by atoms with Gasteiger partial charge in [-0.15, -0.1) is 0 Å². The summed E-state index contributed by atoms with van der Waals surface area (Å²) in [4.78, 5) is 0.824. The van der Waals surface area contributed by atoms with E-state index in [1.54, 1.807) is 24.3 Å². The predicted octanol–water partition coefficient (Wildman–Crippen LogP) is 3.71. The van der Waals surface area contributed by atoms with E-state index in [4.69, 9.17) is 9.47 Å². The lowest BCUT2D eigenvalue weighted by Gasteiger charge is -2.38. The van der Waals surface area contributed by atoms with Gasteiger partial charge in [0, 0.05) is 30.6 Å². The van der Waals surface area contributed by atoms with E-state index < -0.39 is 16.1 Å². The first kappa shape index (κ1) is 17.4. The minimum Gasteiger partial charge on any atom is -0.349 e. The molecule has 4 rings (SSSR count). The lowest BCUT2D eigenvalue weighted by Crippen LogP contribution is -2.35. The van der Waals surface area contributed by atoms with Gasteiger partial charge < -0.3 is 9.47 Å². The standard InChI is InChI=1S/C19H24O4S/c1-3-22-19(23-4-2)17-14-10-12-15(13-11-14)18(17)24(20,21)16-8-6-5-7-9-16/h5-10,12,14-15,19H,3-4,11,13H2,1-2H3. The molecule has 2 unspecified atom stereocenters. The van der Waals surface area contributed by atoms with Crippen LogP contribution < -0.4 is 0 Å².